The van der Waals surface area contributed by atoms with Gasteiger partial charge in [-0.25, -0.2) is 0 Å². The van der Waals surface area contributed by atoms with Crippen molar-refractivity contribution in [2.75, 3.05) is 31.9 Å². The van der Waals surface area contributed by atoms with Gasteiger partial charge in [0.25, 0.3) is 11.8 Å². The molecule has 1 aliphatic heterocycles. The second kappa shape index (κ2) is 6.29. The van der Waals surface area contributed by atoms with Gasteiger partial charge in [-0.2, -0.15) is 0 Å². The quantitative estimate of drug-likeness (QED) is 0.647. The molecule has 23 heavy (non-hydrogen) atoms. The van der Waals surface area contributed by atoms with Gasteiger partial charge in [-0.1, -0.05) is 12.1 Å². The molecule has 2 aromatic rings. The Labute approximate surface area is 137 Å². The molecule has 120 valence electrons. The molecule has 0 saturated carbocycles. The first kappa shape index (κ1) is 15.4. The van der Waals surface area contributed by atoms with Gasteiger partial charge >= 0.3 is 0 Å². The van der Waals surface area contributed by atoms with Gasteiger partial charge in [0, 0.05) is 26.2 Å². The molecule has 2 amide bonds. The lowest BCUT2D eigenvalue weighted by atomic mass is 10.1. The molecular formula is C16H17N3O3S. The summed E-state index contributed by atoms with van der Waals surface area (Å²) in [6.07, 6.45) is 0. The number of benzene rings is 1. The number of nitrogen functional groups attached to an aromatic ring is 1. The summed E-state index contributed by atoms with van der Waals surface area (Å²) in [5.74, 6) is -0.452. The van der Waals surface area contributed by atoms with Crippen LogP contribution in [0.15, 0.2) is 35.7 Å². The number of piperazine rings is 1. The van der Waals surface area contributed by atoms with Crippen LogP contribution in [0.5, 0.6) is 5.75 Å². The number of carbonyl (C=O) groups is 2. The minimum absolute atomic E-state index is 0.00102. The van der Waals surface area contributed by atoms with Gasteiger partial charge in [0.15, 0.2) is 5.75 Å². The maximum absolute atomic E-state index is 12.5. The topological polar surface area (TPSA) is 86.9 Å². The molecular weight excluding hydrogens is 314 g/mol. The summed E-state index contributed by atoms with van der Waals surface area (Å²) in [5.41, 5.74) is 6.01. The van der Waals surface area contributed by atoms with Crippen LogP contribution < -0.4 is 5.73 Å². The zero-order valence-electron chi connectivity index (χ0n) is 12.4. The first-order chi connectivity index (χ1) is 11.1. The maximum Gasteiger partial charge on any atom is 0.264 e. The van der Waals surface area contributed by atoms with Crippen molar-refractivity contribution in [1.82, 2.24) is 9.80 Å². The number of phenolic OH excluding ortho intramolecular Hbond substituents is 1. The van der Waals surface area contributed by atoms with Crippen LogP contribution in [0, 0.1) is 0 Å². The Bertz CT molecular complexity index is 722. The Kier molecular flexibility index (Phi) is 4.20. The average molecular weight is 331 g/mol. The van der Waals surface area contributed by atoms with Gasteiger partial charge in [-0.15, -0.1) is 11.3 Å². The lowest BCUT2D eigenvalue weighted by molar-refractivity contribution is 0.0536. The van der Waals surface area contributed by atoms with Crippen LogP contribution in [0.2, 0.25) is 0 Å². The molecule has 0 atom stereocenters. The van der Waals surface area contributed by atoms with Crippen LogP contribution in [0.25, 0.3) is 0 Å². The number of nitrogens with zero attached hydrogens (tertiary/aromatic N) is 2. The van der Waals surface area contributed by atoms with E-state index in [0.29, 0.717) is 31.1 Å². The Balaban J connectivity index is 1.66. The fraction of sp³-hybridized carbons (Fsp3) is 0.250. The number of anilines is 1. The molecule has 6 nitrogen and oxygen atoms in total. The molecule has 0 bridgehead atoms. The number of amides is 2. The third-order valence-electron chi connectivity index (χ3n) is 3.88. The zero-order valence-corrected chi connectivity index (χ0v) is 13.3. The van der Waals surface area contributed by atoms with Crippen LogP contribution in [-0.2, 0) is 0 Å². The number of nitrogens with two attached hydrogens (primary N) is 1. The second-order valence-corrected chi connectivity index (χ2v) is 6.25. The summed E-state index contributed by atoms with van der Waals surface area (Å²) < 4.78 is 0. The Morgan fingerprint density at radius 1 is 1.00 bits per heavy atom. The van der Waals surface area contributed by atoms with Crippen LogP contribution in [-0.4, -0.2) is 52.9 Å². The van der Waals surface area contributed by atoms with E-state index in [1.807, 2.05) is 11.4 Å². The Morgan fingerprint density at radius 3 is 2.26 bits per heavy atom. The molecule has 3 N–H and O–H groups in total. The SMILES string of the molecule is Nc1cccc(C(=O)N2CCN(C(=O)c3cccs3)CC2)c1O. The number of hydrogen-bond donors (Lipinski definition) is 2. The van der Waals surface area contributed by atoms with Gasteiger partial charge in [0.1, 0.15) is 0 Å². The molecule has 1 aliphatic rings. The van der Waals surface area contributed by atoms with Crippen molar-refractivity contribution in [3.8, 4) is 5.75 Å². The van der Waals surface area contributed by atoms with E-state index < -0.39 is 0 Å². The van der Waals surface area contributed by atoms with Crippen molar-refractivity contribution in [3.05, 3.63) is 46.2 Å². The summed E-state index contributed by atoms with van der Waals surface area (Å²) >= 11 is 1.41. The van der Waals surface area contributed by atoms with E-state index in [0.717, 1.165) is 0 Å². The minimum atomic E-state index is -0.266. The molecule has 1 aromatic heterocycles. The van der Waals surface area contributed by atoms with Crippen molar-refractivity contribution < 1.29 is 14.7 Å². The highest BCUT2D eigenvalue weighted by molar-refractivity contribution is 7.12. The van der Waals surface area contributed by atoms with E-state index in [4.69, 9.17) is 5.73 Å². The molecule has 0 radical (unpaired) electrons. The summed E-state index contributed by atoms with van der Waals surface area (Å²) in [6, 6.07) is 8.38. The maximum atomic E-state index is 12.5. The fourth-order valence-electron chi connectivity index (χ4n) is 2.57. The molecule has 1 saturated heterocycles. The molecule has 1 aromatic carbocycles. The summed E-state index contributed by atoms with van der Waals surface area (Å²) in [7, 11) is 0. The van der Waals surface area contributed by atoms with Crippen LogP contribution in [0.4, 0.5) is 5.69 Å². The highest BCUT2D eigenvalue weighted by Crippen LogP contribution is 2.26. The van der Waals surface area contributed by atoms with E-state index in [2.05, 4.69) is 0 Å². The van der Waals surface area contributed by atoms with E-state index in [1.165, 1.54) is 11.3 Å². The second-order valence-electron chi connectivity index (χ2n) is 5.31. The van der Waals surface area contributed by atoms with Gasteiger partial charge < -0.3 is 20.6 Å². The van der Waals surface area contributed by atoms with E-state index >= 15 is 0 Å². The third-order valence-corrected chi connectivity index (χ3v) is 4.74. The van der Waals surface area contributed by atoms with Crippen LogP contribution in [0.3, 0.4) is 0 Å². The molecule has 1 fully saturated rings. The fourth-order valence-corrected chi connectivity index (χ4v) is 3.26. The summed E-state index contributed by atoms with van der Waals surface area (Å²) in [4.78, 5) is 28.9. The normalized spacial score (nSPS) is 14.8. The van der Waals surface area contributed by atoms with Gasteiger partial charge in [0.05, 0.1) is 16.1 Å². The largest absolute Gasteiger partial charge is 0.505 e. The molecule has 0 unspecified atom stereocenters. The highest BCUT2D eigenvalue weighted by Gasteiger charge is 2.27. The number of thiophene rings is 1. The highest BCUT2D eigenvalue weighted by atomic mass is 32.1. The summed E-state index contributed by atoms with van der Waals surface area (Å²) in [5, 5.41) is 11.8. The van der Waals surface area contributed by atoms with Gasteiger partial charge in [-0.3, -0.25) is 9.59 Å². The van der Waals surface area contributed by atoms with E-state index in [9.17, 15) is 14.7 Å². The monoisotopic (exact) mass is 331 g/mol. The third kappa shape index (κ3) is 3.00. The standard InChI is InChI=1S/C16H17N3O3S/c17-12-4-1-3-11(14(12)20)15(21)18-6-8-19(9-7-18)16(22)13-5-2-10-23-13/h1-5,10,20H,6-9,17H2. The van der Waals surface area contributed by atoms with Gasteiger partial charge in [0.2, 0.25) is 0 Å². The van der Waals surface area contributed by atoms with E-state index in [-0.39, 0.29) is 28.8 Å². The Hall–Kier alpha value is -2.54. The molecule has 3 rings (SSSR count). The van der Waals surface area contributed by atoms with Crippen molar-refractivity contribution in [1.29, 1.82) is 0 Å². The van der Waals surface area contributed by atoms with Crippen LogP contribution in [0.1, 0.15) is 20.0 Å². The lowest BCUT2D eigenvalue weighted by Gasteiger charge is -2.34. The average Bonchev–Trinajstić information content (AvgIpc) is 3.11. The van der Waals surface area contributed by atoms with Crippen molar-refractivity contribution >= 4 is 28.8 Å². The predicted molar refractivity (Wildman–Crippen MR) is 88.6 cm³/mol. The smallest absolute Gasteiger partial charge is 0.264 e. The Morgan fingerprint density at radius 2 is 1.65 bits per heavy atom. The van der Waals surface area contributed by atoms with Crippen LogP contribution >= 0.6 is 11.3 Å². The summed E-state index contributed by atoms with van der Waals surface area (Å²) in [6.45, 7) is 1.82. The number of aromatic hydroxyl groups is 1. The lowest BCUT2D eigenvalue weighted by Crippen LogP contribution is -2.50. The minimum Gasteiger partial charge on any atom is -0.505 e. The number of hydrogen-bond acceptors (Lipinski definition) is 5. The zero-order chi connectivity index (χ0) is 16.4. The first-order valence-electron chi connectivity index (χ1n) is 7.27. The number of carbonyl (C=O) groups excluding carboxylic acids is 2. The number of rotatable bonds is 2. The predicted octanol–water partition coefficient (Wildman–Crippen LogP) is 1.63. The molecule has 2 heterocycles. The molecule has 7 heteroatoms. The van der Waals surface area contributed by atoms with E-state index in [1.54, 1.807) is 34.1 Å². The van der Waals surface area contributed by atoms with Crippen molar-refractivity contribution in [2.24, 2.45) is 0 Å². The van der Waals surface area contributed by atoms with Crippen molar-refractivity contribution in [2.45, 2.75) is 0 Å². The first-order valence-corrected chi connectivity index (χ1v) is 8.15. The van der Waals surface area contributed by atoms with Crippen molar-refractivity contribution in [3.63, 3.8) is 0 Å². The number of phenols is 1. The molecule has 0 spiro atoms. The molecule has 0 aliphatic carbocycles. The van der Waals surface area contributed by atoms with Gasteiger partial charge in [-0.05, 0) is 23.6 Å². The number of para-hydroxylation sites is 1.